The van der Waals surface area contributed by atoms with Gasteiger partial charge in [0.25, 0.3) is 5.91 Å². The second kappa shape index (κ2) is 8.81. The Morgan fingerprint density at radius 2 is 1.74 bits per heavy atom. The van der Waals surface area contributed by atoms with Gasteiger partial charge in [-0.05, 0) is 41.8 Å². The summed E-state index contributed by atoms with van der Waals surface area (Å²) in [6, 6.07) is 22.5. The number of aldehydes is 1. The molecule has 0 aromatic heterocycles. The van der Waals surface area contributed by atoms with Crippen LogP contribution >= 0.6 is 0 Å². The molecular weight excluding hydrogens is 338 g/mol. The number of benzene rings is 3. The van der Waals surface area contributed by atoms with Crippen LogP contribution in [0.15, 0.2) is 72.8 Å². The summed E-state index contributed by atoms with van der Waals surface area (Å²) in [5.74, 6) is 0.178. The van der Waals surface area contributed by atoms with Crippen molar-refractivity contribution in [2.75, 3.05) is 0 Å². The lowest BCUT2D eigenvalue weighted by Crippen LogP contribution is -2.24. The predicted octanol–water partition coefficient (Wildman–Crippen LogP) is 4.32. The molecule has 136 valence electrons. The third kappa shape index (κ3) is 4.82. The molecule has 0 aliphatic rings. The lowest BCUT2D eigenvalue weighted by molar-refractivity contribution is 0.0946. The Kier molecular flexibility index (Phi) is 6.00. The minimum Gasteiger partial charge on any atom is -0.488 e. The number of rotatable bonds is 7. The van der Waals surface area contributed by atoms with E-state index in [2.05, 4.69) is 5.32 Å². The molecule has 4 nitrogen and oxygen atoms in total. The highest BCUT2D eigenvalue weighted by molar-refractivity contribution is 5.98. The fourth-order valence-electron chi connectivity index (χ4n) is 2.74. The maximum absolute atomic E-state index is 12.7. The van der Waals surface area contributed by atoms with Crippen LogP contribution in [0.3, 0.4) is 0 Å². The molecule has 1 N–H and O–H groups in total. The molecule has 0 unspecified atom stereocenters. The van der Waals surface area contributed by atoms with Crippen molar-refractivity contribution in [1.29, 1.82) is 0 Å². The van der Waals surface area contributed by atoms with Crippen molar-refractivity contribution in [3.63, 3.8) is 0 Å². The van der Waals surface area contributed by atoms with Gasteiger partial charge in [0.1, 0.15) is 18.6 Å². The Morgan fingerprint density at radius 1 is 1.00 bits per heavy atom. The smallest absolute Gasteiger partial charge is 0.255 e. The predicted molar refractivity (Wildman–Crippen MR) is 105 cm³/mol. The number of hydrogen-bond donors (Lipinski definition) is 1. The standard InChI is InChI=1S/C23H21NO3/c1-17-7-5-6-10-20(17)14-24-23(26)21-13-19(15-25)11-12-22(21)27-16-18-8-3-2-4-9-18/h2-13,15H,14,16H2,1H3,(H,24,26). The average molecular weight is 359 g/mol. The van der Waals surface area contributed by atoms with Crippen LogP contribution in [0.2, 0.25) is 0 Å². The van der Waals surface area contributed by atoms with Crippen LogP contribution < -0.4 is 10.1 Å². The topological polar surface area (TPSA) is 55.4 Å². The molecule has 0 spiro atoms. The van der Waals surface area contributed by atoms with Crippen LogP contribution in [0.25, 0.3) is 0 Å². The molecule has 0 aliphatic heterocycles. The first kappa shape index (κ1) is 18.4. The Labute approximate surface area is 158 Å². The average Bonchev–Trinajstić information content (AvgIpc) is 2.72. The molecule has 1 amide bonds. The van der Waals surface area contributed by atoms with Crippen molar-refractivity contribution in [3.8, 4) is 5.75 Å². The molecule has 0 aliphatic carbocycles. The second-order valence-electron chi connectivity index (χ2n) is 6.26. The zero-order valence-electron chi connectivity index (χ0n) is 15.1. The van der Waals surface area contributed by atoms with E-state index < -0.39 is 0 Å². The van der Waals surface area contributed by atoms with E-state index in [-0.39, 0.29) is 5.91 Å². The quantitative estimate of drug-likeness (QED) is 0.639. The van der Waals surface area contributed by atoms with Crippen molar-refractivity contribution in [2.24, 2.45) is 0 Å². The van der Waals surface area contributed by atoms with Gasteiger partial charge in [0.05, 0.1) is 5.56 Å². The van der Waals surface area contributed by atoms with Gasteiger partial charge in [-0.3, -0.25) is 9.59 Å². The molecule has 3 aromatic carbocycles. The molecule has 0 radical (unpaired) electrons. The van der Waals surface area contributed by atoms with Crippen molar-refractivity contribution in [2.45, 2.75) is 20.1 Å². The van der Waals surface area contributed by atoms with Crippen molar-refractivity contribution in [3.05, 3.63) is 101 Å². The lowest BCUT2D eigenvalue weighted by atomic mass is 10.1. The summed E-state index contributed by atoms with van der Waals surface area (Å²) >= 11 is 0. The van der Waals surface area contributed by atoms with E-state index in [0.29, 0.717) is 30.0 Å². The van der Waals surface area contributed by atoms with Gasteiger partial charge in [-0.2, -0.15) is 0 Å². The monoisotopic (exact) mass is 359 g/mol. The van der Waals surface area contributed by atoms with E-state index in [0.717, 1.165) is 23.0 Å². The Morgan fingerprint density at radius 3 is 2.48 bits per heavy atom. The first-order valence-corrected chi connectivity index (χ1v) is 8.76. The maximum atomic E-state index is 12.7. The fraction of sp³-hybridized carbons (Fsp3) is 0.130. The molecule has 0 saturated heterocycles. The zero-order chi connectivity index (χ0) is 19.1. The van der Waals surface area contributed by atoms with Crippen LogP contribution in [0.4, 0.5) is 0 Å². The van der Waals surface area contributed by atoms with Gasteiger partial charge in [-0.15, -0.1) is 0 Å². The van der Waals surface area contributed by atoms with Gasteiger partial charge in [0, 0.05) is 12.1 Å². The Balaban J connectivity index is 1.76. The highest BCUT2D eigenvalue weighted by atomic mass is 16.5. The van der Waals surface area contributed by atoms with Gasteiger partial charge >= 0.3 is 0 Å². The number of aryl methyl sites for hydroxylation is 1. The molecule has 0 atom stereocenters. The molecule has 0 bridgehead atoms. The van der Waals surface area contributed by atoms with Crippen LogP contribution in [0.5, 0.6) is 5.75 Å². The molecule has 4 heteroatoms. The third-order valence-electron chi connectivity index (χ3n) is 4.32. The number of carbonyl (C=O) groups excluding carboxylic acids is 2. The van der Waals surface area contributed by atoms with Crippen molar-refractivity contribution < 1.29 is 14.3 Å². The van der Waals surface area contributed by atoms with Gasteiger partial charge in [0.15, 0.2) is 0 Å². The van der Waals surface area contributed by atoms with Gasteiger partial charge in [0.2, 0.25) is 0 Å². The third-order valence-corrected chi connectivity index (χ3v) is 4.32. The number of amides is 1. The summed E-state index contributed by atoms with van der Waals surface area (Å²) in [6.07, 6.45) is 0.721. The van der Waals surface area contributed by atoms with Gasteiger partial charge in [-0.1, -0.05) is 54.6 Å². The van der Waals surface area contributed by atoms with Crippen molar-refractivity contribution in [1.82, 2.24) is 5.32 Å². The summed E-state index contributed by atoms with van der Waals surface area (Å²) in [5.41, 5.74) is 3.94. The fourth-order valence-corrected chi connectivity index (χ4v) is 2.74. The molecule has 3 rings (SSSR count). The van der Waals surface area contributed by atoms with E-state index in [1.165, 1.54) is 0 Å². The first-order valence-electron chi connectivity index (χ1n) is 8.76. The largest absolute Gasteiger partial charge is 0.488 e. The van der Waals surface area contributed by atoms with E-state index in [1.54, 1.807) is 18.2 Å². The number of hydrogen-bond acceptors (Lipinski definition) is 3. The molecule has 3 aromatic rings. The van der Waals surface area contributed by atoms with E-state index in [1.807, 2.05) is 61.5 Å². The SMILES string of the molecule is Cc1ccccc1CNC(=O)c1cc(C=O)ccc1OCc1ccccc1. The highest BCUT2D eigenvalue weighted by Gasteiger charge is 2.14. The number of carbonyl (C=O) groups is 2. The van der Waals surface area contributed by atoms with Crippen LogP contribution in [0, 0.1) is 6.92 Å². The summed E-state index contributed by atoms with van der Waals surface area (Å²) in [4.78, 5) is 23.8. The van der Waals surface area contributed by atoms with E-state index in [9.17, 15) is 9.59 Å². The number of ether oxygens (including phenoxy) is 1. The molecule has 27 heavy (non-hydrogen) atoms. The van der Waals surface area contributed by atoms with Crippen LogP contribution in [-0.2, 0) is 13.2 Å². The van der Waals surface area contributed by atoms with Crippen LogP contribution in [-0.4, -0.2) is 12.2 Å². The van der Waals surface area contributed by atoms with E-state index in [4.69, 9.17) is 4.74 Å². The number of nitrogens with one attached hydrogen (secondary N) is 1. The first-order chi connectivity index (χ1) is 13.2. The summed E-state index contributed by atoms with van der Waals surface area (Å²) < 4.78 is 5.84. The lowest BCUT2D eigenvalue weighted by Gasteiger charge is -2.13. The van der Waals surface area contributed by atoms with Crippen molar-refractivity contribution >= 4 is 12.2 Å². The normalized spacial score (nSPS) is 10.3. The van der Waals surface area contributed by atoms with Crippen LogP contribution in [0.1, 0.15) is 37.4 Å². The Bertz CT molecular complexity index is 935. The zero-order valence-corrected chi connectivity index (χ0v) is 15.1. The van der Waals surface area contributed by atoms with Gasteiger partial charge in [-0.25, -0.2) is 0 Å². The highest BCUT2D eigenvalue weighted by Crippen LogP contribution is 2.21. The second-order valence-corrected chi connectivity index (χ2v) is 6.26. The molecular formula is C23H21NO3. The summed E-state index contributed by atoms with van der Waals surface area (Å²) in [5, 5.41) is 2.91. The Hall–Kier alpha value is -3.40. The molecule has 0 fully saturated rings. The summed E-state index contributed by atoms with van der Waals surface area (Å²) in [6.45, 7) is 2.76. The minimum atomic E-state index is -0.273. The minimum absolute atomic E-state index is 0.273. The van der Waals surface area contributed by atoms with Gasteiger partial charge < -0.3 is 10.1 Å². The van der Waals surface area contributed by atoms with E-state index >= 15 is 0 Å². The molecule has 0 heterocycles. The molecule has 0 saturated carbocycles. The maximum Gasteiger partial charge on any atom is 0.255 e. The summed E-state index contributed by atoms with van der Waals surface area (Å²) in [7, 11) is 0.